The topological polar surface area (TPSA) is 49.4 Å². The van der Waals surface area contributed by atoms with Gasteiger partial charge in [-0.25, -0.2) is 4.39 Å². The number of carbonyl (C=O) groups excluding carboxylic acids is 2. The van der Waals surface area contributed by atoms with Crippen molar-refractivity contribution < 1.29 is 14.0 Å². The van der Waals surface area contributed by atoms with Gasteiger partial charge in [-0.2, -0.15) is 0 Å². The third-order valence-electron chi connectivity index (χ3n) is 4.85. The standard InChI is InChI=1S/C23H28ClFN2O2S/c1-4-16(2)26-23(29)17(3)27(13-18-8-7-10-20(24)12-18)22(28)15-30-14-19-9-5-6-11-21(19)25/h5-12,16-17H,4,13-15H2,1-3H3,(H,26,29)/t16-,17-/m1/s1. The van der Waals surface area contributed by atoms with Gasteiger partial charge in [0.1, 0.15) is 11.9 Å². The number of benzene rings is 2. The second-order valence-corrected chi connectivity index (χ2v) is 8.65. The minimum absolute atomic E-state index is 0.0264. The van der Waals surface area contributed by atoms with Crippen molar-refractivity contribution >= 4 is 35.2 Å². The van der Waals surface area contributed by atoms with Crippen LogP contribution in [0.15, 0.2) is 48.5 Å². The van der Waals surface area contributed by atoms with Gasteiger partial charge in [-0.1, -0.05) is 48.9 Å². The van der Waals surface area contributed by atoms with Crippen molar-refractivity contribution in [2.75, 3.05) is 5.75 Å². The lowest BCUT2D eigenvalue weighted by molar-refractivity contribution is -0.138. The average molecular weight is 451 g/mol. The molecule has 0 aliphatic carbocycles. The van der Waals surface area contributed by atoms with E-state index in [0.717, 1.165) is 12.0 Å². The van der Waals surface area contributed by atoms with Crippen molar-refractivity contribution in [1.29, 1.82) is 0 Å². The summed E-state index contributed by atoms with van der Waals surface area (Å²) in [6.45, 7) is 5.91. The van der Waals surface area contributed by atoms with Crippen LogP contribution in [0.1, 0.15) is 38.3 Å². The van der Waals surface area contributed by atoms with Crippen LogP contribution in [0, 0.1) is 5.82 Å². The first-order chi connectivity index (χ1) is 14.3. The quantitative estimate of drug-likeness (QED) is 0.551. The molecule has 0 heterocycles. The van der Waals surface area contributed by atoms with Gasteiger partial charge in [0.15, 0.2) is 0 Å². The molecule has 0 unspecified atom stereocenters. The minimum atomic E-state index is -0.639. The zero-order valence-electron chi connectivity index (χ0n) is 17.5. The molecular formula is C23H28ClFN2O2S. The third-order valence-corrected chi connectivity index (χ3v) is 6.05. The number of thioether (sulfide) groups is 1. The van der Waals surface area contributed by atoms with Crippen molar-refractivity contribution in [3.05, 3.63) is 70.5 Å². The number of carbonyl (C=O) groups is 2. The van der Waals surface area contributed by atoms with Crippen LogP contribution in [0.25, 0.3) is 0 Å². The van der Waals surface area contributed by atoms with Crippen molar-refractivity contribution in [3.8, 4) is 0 Å². The van der Waals surface area contributed by atoms with Crippen LogP contribution in [0.4, 0.5) is 4.39 Å². The monoisotopic (exact) mass is 450 g/mol. The van der Waals surface area contributed by atoms with Gasteiger partial charge >= 0.3 is 0 Å². The van der Waals surface area contributed by atoms with Gasteiger partial charge in [-0.05, 0) is 49.6 Å². The summed E-state index contributed by atoms with van der Waals surface area (Å²) in [5, 5.41) is 3.51. The fraction of sp³-hybridized carbons (Fsp3) is 0.391. The van der Waals surface area contributed by atoms with Gasteiger partial charge in [0, 0.05) is 23.4 Å². The largest absolute Gasteiger partial charge is 0.352 e. The molecule has 1 N–H and O–H groups in total. The molecule has 0 spiro atoms. The summed E-state index contributed by atoms with van der Waals surface area (Å²) in [5.41, 5.74) is 1.40. The van der Waals surface area contributed by atoms with E-state index in [9.17, 15) is 14.0 Å². The van der Waals surface area contributed by atoms with Gasteiger partial charge in [-0.3, -0.25) is 9.59 Å². The minimum Gasteiger partial charge on any atom is -0.352 e. The maximum absolute atomic E-state index is 13.8. The molecule has 4 nitrogen and oxygen atoms in total. The fourth-order valence-electron chi connectivity index (χ4n) is 2.83. The summed E-state index contributed by atoms with van der Waals surface area (Å²) in [6, 6.07) is 13.1. The molecule has 2 rings (SSSR count). The van der Waals surface area contributed by atoms with Crippen molar-refractivity contribution in [2.45, 2.75) is 51.6 Å². The number of amides is 2. The maximum Gasteiger partial charge on any atom is 0.242 e. The highest BCUT2D eigenvalue weighted by Crippen LogP contribution is 2.19. The Morgan fingerprint density at radius 1 is 1.17 bits per heavy atom. The molecule has 0 bridgehead atoms. The molecule has 2 amide bonds. The lowest BCUT2D eigenvalue weighted by Crippen LogP contribution is -2.50. The molecule has 0 fully saturated rings. The molecule has 0 saturated heterocycles. The predicted octanol–water partition coefficient (Wildman–Crippen LogP) is 5.04. The van der Waals surface area contributed by atoms with E-state index >= 15 is 0 Å². The molecule has 0 saturated carbocycles. The normalized spacial score (nSPS) is 12.8. The molecule has 30 heavy (non-hydrogen) atoms. The SMILES string of the molecule is CC[C@@H](C)NC(=O)[C@@H](C)N(Cc1cccc(Cl)c1)C(=O)CSCc1ccccc1F. The molecular weight excluding hydrogens is 423 g/mol. The third kappa shape index (κ3) is 7.33. The predicted molar refractivity (Wildman–Crippen MR) is 122 cm³/mol. The zero-order chi connectivity index (χ0) is 22.1. The Hall–Kier alpha value is -2.05. The first-order valence-electron chi connectivity index (χ1n) is 9.97. The smallest absolute Gasteiger partial charge is 0.242 e. The van der Waals surface area contributed by atoms with Crippen molar-refractivity contribution in [2.24, 2.45) is 0 Å². The number of halogens is 2. The number of nitrogens with zero attached hydrogens (tertiary/aromatic N) is 1. The fourth-order valence-corrected chi connectivity index (χ4v) is 3.94. The van der Waals surface area contributed by atoms with E-state index in [1.54, 1.807) is 42.2 Å². The van der Waals surface area contributed by atoms with Crippen LogP contribution < -0.4 is 5.32 Å². The summed E-state index contributed by atoms with van der Waals surface area (Å²) in [6.07, 6.45) is 0.805. The van der Waals surface area contributed by atoms with E-state index in [2.05, 4.69) is 5.32 Å². The molecule has 2 aromatic carbocycles. The summed E-state index contributed by atoms with van der Waals surface area (Å²) < 4.78 is 13.8. The average Bonchev–Trinajstić information content (AvgIpc) is 2.72. The van der Waals surface area contributed by atoms with Crippen LogP contribution in [-0.4, -0.2) is 34.6 Å². The van der Waals surface area contributed by atoms with E-state index < -0.39 is 6.04 Å². The number of nitrogens with one attached hydrogen (secondary N) is 1. The first-order valence-corrected chi connectivity index (χ1v) is 11.5. The Bertz CT molecular complexity index is 865. The Morgan fingerprint density at radius 2 is 1.90 bits per heavy atom. The van der Waals surface area contributed by atoms with Crippen molar-refractivity contribution in [3.63, 3.8) is 0 Å². The Morgan fingerprint density at radius 3 is 2.57 bits per heavy atom. The van der Waals surface area contributed by atoms with Gasteiger partial charge in [0.05, 0.1) is 5.75 Å². The van der Waals surface area contributed by atoms with E-state index in [0.29, 0.717) is 16.3 Å². The zero-order valence-corrected chi connectivity index (χ0v) is 19.1. The van der Waals surface area contributed by atoms with Gasteiger partial charge in [0.2, 0.25) is 11.8 Å². The van der Waals surface area contributed by atoms with Gasteiger partial charge < -0.3 is 10.2 Å². The van der Waals surface area contributed by atoms with E-state index in [1.165, 1.54) is 17.8 Å². The highest BCUT2D eigenvalue weighted by Gasteiger charge is 2.26. The Balaban J connectivity index is 2.09. The number of hydrogen-bond acceptors (Lipinski definition) is 3. The highest BCUT2D eigenvalue weighted by molar-refractivity contribution is 7.99. The van der Waals surface area contributed by atoms with Crippen LogP contribution in [0.5, 0.6) is 0 Å². The second kappa shape index (κ2) is 12.0. The lowest BCUT2D eigenvalue weighted by Gasteiger charge is -2.29. The number of rotatable bonds is 10. The van der Waals surface area contributed by atoms with Gasteiger partial charge in [0.25, 0.3) is 0 Å². The van der Waals surface area contributed by atoms with E-state index in [1.807, 2.05) is 26.0 Å². The summed E-state index contributed by atoms with van der Waals surface area (Å²) in [4.78, 5) is 27.2. The maximum atomic E-state index is 13.8. The summed E-state index contributed by atoms with van der Waals surface area (Å²) in [7, 11) is 0. The second-order valence-electron chi connectivity index (χ2n) is 7.23. The molecule has 0 aromatic heterocycles. The Kier molecular flexibility index (Phi) is 9.66. The van der Waals surface area contributed by atoms with Crippen LogP contribution in [-0.2, 0) is 21.9 Å². The molecule has 162 valence electrons. The van der Waals surface area contributed by atoms with Crippen molar-refractivity contribution in [1.82, 2.24) is 10.2 Å². The molecule has 0 aliphatic heterocycles. The highest BCUT2D eigenvalue weighted by atomic mass is 35.5. The lowest BCUT2D eigenvalue weighted by atomic mass is 10.1. The first kappa shape index (κ1) is 24.2. The molecule has 7 heteroatoms. The van der Waals surface area contributed by atoms with E-state index in [4.69, 9.17) is 11.6 Å². The van der Waals surface area contributed by atoms with E-state index in [-0.39, 0.29) is 36.0 Å². The van der Waals surface area contributed by atoms with Crippen LogP contribution >= 0.6 is 23.4 Å². The molecule has 0 aliphatic rings. The van der Waals surface area contributed by atoms with Gasteiger partial charge in [-0.15, -0.1) is 11.8 Å². The summed E-state index contributed by atoms with van der Waals surface area (Å²) >= 11 is 7.41. The Labute approximate surface area is 187 Å². The molecule has 2 atom stereocenters. The number of hydrogen-bond donors (Lipinski definition) is 1. The van der Waals surface area contributed by atoms with Crippen LogP contribution in [0.3, 0.4) is 0 Å². The van der Waals surface area contributed by atoms with Crippen LogP contribution in [0.2, 0.25) is 5.02 Å². The molecule has 0 radical (unpaired) electrons. The molecule has 2 aromatic rings. The summed E-state index contributed by atoms with van der Waals surface area (Å²) in [5.74, 6) is -0.122.